The molecular weight excluding hydrogens is 340 g/mol. The number of amides is 1. The van der Waals surface area contributed by atoms with Crippen LogP contribution in [0, 0.1) is 0 Å². The molecule has 0 aliphatic carbocycles. The first-order chi connectivity index (χ1) is 13.2. The highest BCUT2D eigenvalue weighted by Crippen LogP contribution is 2.15. The molecule has 2 N–H and O–H groups in total. The Kier molecular flexibility index (Phi) is 8.98. The van der Waals surface area contributed by atoms with Gasteiger partial charge in [-0.1, -0.05) is 60.7 Å². The van der Waals surface area contributed by atoms with Crippen molar-refractivity contribution in [3.05, 3.63) is 71.8 Å². The lowest BCUT2D eigenvalue weighted by Gasteiger charge is -2.29. The molecule has 0 saturated carbocycles. The Labute approximate surface area is 162 Å². The van der Waals surface area contributed by atoms with Gasteiger partial charge in [0.25, 0.3) is 0 Å². The maximum atomic E-state index is 13.1. The van der Waals surface area contributed by atoms with Crippen LogP contribution in [0.2, 0.25) is 0 Å². The number of hydrogen-bond acceptors (Lipinski definition) is 4. The Balaban J connectivity index is 2.12. The summed E-state index contributed by atoms with van der Waals surface area (Å²) in [6.07, 6.45) is 0.293. The van der Waals surface area contributed by atoms with E-state index in [2.05, 4.69) is 12.1 Å². The molecule has 1 atom stereocenters. The van der Waals surface area contributed by atoms with Crippen LogP contribution in [0.5, 0.6) is 0 Å². The van der Waals surface area contributed by atoms with Gasteiger partial charge in [0.1, 0.15) is 6.04 Å². The van der Waals surface area contributed by atoms with Gasteiger partial charge in [0.2, 0.25) is 5.91 Å². The third-order valence-corrected chi connectivity index (χ3v) is 4.32. The highest BCUT2D eigenvalue weighted by Gasteiger charge is 2.25. The monoisotopic (exact) mass is 370 g/mol. The molecule has 5 nitrogen and oxygen atoms in total. The van der Waals surface area contributed by atoms with Crippen molar-refractivity contribution in [2.75, 3.05) is 26.3 Å². The second-order valence-electron chi connectivity index (χ2n) is 6.25. The second-order valence-corrected chi connectivity index (χ2v) is 6.25. The van der Waals surface area contributed by atoms with Gasteiger partial charge in [-0.25, -0.2) is 0 Å². The highest BCUT2D eigenvalue weighted by molar-refractivity contribution is 5.83. The van der Waals surface area contributed by atoms with Crippen molar-refractivity contribution in [2.24, 2.45) is 5.73 Å². The van der Waals surface area contributed by atoms with Crippen LogP contribution in [0.15, 0.2) is 60.7 Å². The lowest BCUT2D eigenvalue weighted by molar-refractivity contribution is -0.159. The molecule has 0 bridgehead atoms. The molecule has 0 radical (unpaired) electrons. The zero-order chi connectivity index (χ0) is 19.5. The lowest BCUT2D eigenvalue weighted by Crippen LogP contribution is -2.45. The predicted molar refractivity (Wildman–Crippen MR) is 107 cm³/mol. The molecule has 5 heteroatoms. The van der Waals surface area contributed by atoms with Crippen LogP contribution in [0.4, 0.5) is 0 Å². The number of hydrogen-bond donors (Lipinski definition) is 1. The average Bonchev–Trinajstić information content (AvgIpc) is 2.71. The van der Waals surface area contributed by atoms with E-state index in [4.69, 9.17) is 15.2 Å². The van der Waals surface area contributed by atoms with Gasteiger partial charge in [0, 0.05) is 19.8 Å². The van der Waals surface area contributed by atoms with Gasteiger partial charge in [0.15, 0.2) is 6.29 Å². The fraction of sp³-hybridized carbons (Fsp3) is 0.409. The summed E-state index contributed by atoms with van der Waals surface area (Å²) in [5.74, 6) is -0.124. The number of benzene rings is 2. The van der Waals surface area contributed by atoms with Crippen LogP contribution < -0.4 is 5.73 Å². The maximum absolute atomic E-state index is 13.1. The van der Waals surface area contributed by atoms with Gasteiger partial charge in [-0.05, 0) is 31.4 Å². The molecule has 0 fully saturated rings. The fourth-order valence-electron chi connectivity index (χ4n) is 2.91. The van der Waals surface area contributed by atoms with Gasteiger partial charge in [-0.15, -0.1) is 0 Å². The summed E-state index contributed by atoms with van der Waals surface area (Å²) < 4.78 is 11.3. The topological polar surface area (TPSA) is 64.8 Å². The predicted octanol–water partition coefficient (Wildman–Crippen LogP) is 3.16. The zero-order valence-electron chi connectivity index (χ0n) is 16.2. The van der Waals surface area contributed by atoms with Crippen molar-refractivity contribution in [1.82, 2.24) is 4.90 Å². The lowest BCUT2D eigenvalue weighted by atomic mass is 10.1. The van der Waals surface area contributed by atoms with Crippen molar-refractivity contribution < 1.29 is 14.3 Å². The number of nitrogens with zero attached hydrogens (tertiary/aromatic N) is 1. The van der Waals surface area contributed by atoms with E-state index in [1.54, 1.807) is 4.90 Å². The summed E-state index contributed by atoms with van der Waals surface area (Å²) in [5, 5.41) is 0. The van der Waals surface area contributed by atoms with Crippen LogP contribution in [-0.4, -0.2) is 43.4 Å². The molecule has 1 amide bonds. The van der Waals surface area contributed by atoms with E-state index < -0.39 is 12.3 Å². The molecule has 0 heterocycles. The molecular formula is C22H30N2O3. The fourth-order valence-corrected chi connectivity index (χ4v) is 2.91. The minimum Gasteiger partial charge on any atom is -0.351 e. The molecule has 146 valence electrons. The van der Waals surface area contributed by atoms with Crippen molar-refractivity contribution in [3.8, 4) is 0 Å². The number of nitrogens with two attached hydrogens (primary N) is 1. The third kappa shape index (κ3) is 6.79. The van der Waals surface area contributed by atoms with Gasteiger partial charge in [-0.3, -0.25) is 4.79 Å². The molecule has 0 saturated heterocycles. The average molecular weight is 370 g/mol. The quantitative estimate of drug-likeness (QED) is 0.617. The second kappa shape index (κ2) is 11.5. The maximum Gasteiger partial charge on any atom is 0.244 e. The smallest absolute Gasteiger partial charge is 0.244 e. The summed E-state index contributed by atoms with van der Waals surface area (Å²) in [6.45, 7) is 5.79. The van der Waals surface area contributed by atoms with Crippen molar-refractivity contribution in [3.63, 3.8) is 0 Å². The van der Waals surface area contributed by atoms with Crippen LogP contribution >= 0.6 is 0 Å². The Hall–Kier alpha value is -2.21. The normalized spacial score (nSPS) is 12.1. The van der Waals surface area contributed by atoms with Crippen molar-refractivity contribution in [2.45, 2.75) is 32.6 Å². The highest BCUT2D eigenvalue weighted by atomic mass is 16.7. The Bertz CT molecular complexity index is 658. The zero-order valence-corrected chi connectivity index (χ0v) is 16.2. The van der Waals surface area contributed by atoms with E-state index in [-0.39, 0.29) is 5.91 Å². The number of rotatable bonds is 11. The van der Waals surface area contributed by atoms with Crippen LogP contribution in [0.1, 0.15) is 31.0 Å². The summed E-state index contributed by atoms with van der Waals surface area (Å²) in [7, 11) is 0. The molecule has 0 aliphatic rings. The Morgan fingerprint density at radius 2 is 1.52 bits per heavy atom. The van der Waals surface area contributed by atoms with Gasteiger partial charge in [-0.2, -0.15) is 0 Å². The van der Waals surface area contributed by atoms with Crippen molar-refractivity contribution in [1.29, 1.82) is 0 Å². The first-order valence-electron chi connectivity index (χ1n) is 9.52. The van der Waals surface area contributed by atoms with E-state index in [0.29, 0.717) is 26.3 Å². The molecule has 2 aromatic carbocycles. The van der Waals surface area contributed by atoms with Gasteiger partial charge >= 0.3 is 0 Å². The molecule has 1 unspecified atom stereocenters. The minimum atomic E-state index is -0.703. The minimum absolute atomic E-state index is 0.124. The Morgan fingerprint density at radius 3 is 2.07 bits per heavy atom. The third-order valence-electron chi connectivity index (χ3n) is 4.32. The Morgan fingerprint density at radius 1 is 0.963 bits per heavy atom. The number of carbonyl (C=O) groups excluding carboxylic acids is 1. The summed E-state index contributed by atoms with van der Waals surface area (Å²) in [6, 6.07) is 18.8. The molecule has 27 heavy (non-hydrogen) atoms. The first kappa shape index (κ1) is 21.1. The first-order valence-corrected chi connectivity index (χ1v) is 9.52. The SMILES string of the molecule is CCOC(CN(CCc1ccccc1)C(=O)C(N)c1ccccc1)OCC. The van der Waals surface area contributed by atoms with E-state index in [0.717, 1.165) is 12.0 Å². The van der Waals surface area contributed by atoms with E-state index in [1.807, 2.05) is 62.4 Å². The molecule has 0 aliphatic heterocycles. The van der Waals surface area contributed by atoms with Crippen LogP contribution in [0.25, 0.3) is 0 Å². The van der Waals surface area contributed by atoms with E-state index in [9.17, 15) is 4.79 Å². The molecule has 2 rings (SSSR count). The van der Waals surface area contributed by atoms with Crippen LogP contribution in [0.3, 0.4) is 0 Å². The number of ether oxygens (including phenoxy) is 2. The largest absolute Gasteiger partial charge is 0.351 e. The van der Waals surface area contributed by atoms with Crippen LogP contribution in [-0.2, 0) is 20.7 Å². The van der Waals surface area contributed by atoms with E-state index >= 15 is 0 Å². The summed E-state index contributed by atoms with van der Waals surface area (Å²) in [5.41, 5.74) is 8.24. The van der Waals surface area contributed by atoms with Gasteiger partial charge in [0.05, 0.1) is 6.54 Å². The standard InChI is InChI=1S/C22H30N2O3/c1-3-26-20(27-4-2)17-24(16-15-18-11-7-5-8-12-18)22(25)21(23)19-13-9-6-10-14-19/h5-14,20-21H,3-4,15-17,23H2,1-2H3. The molecule has 2 aromatic rings. The summed E-state index contributed by atoms with van der Waals surface area (Å²) >= 11 is 0. The molecule has 0 aromatic heterocycles. The number of carbonyl (C=O) groups is 1. The summed E-state index contributed by atoms with van der Waals surface area (Å²) in [4.78, 5) is 14.8. The van der Waals surface area contributed by atoms with Crippen molar-refractivity contribution >= 4 is 5.91 Å². The molecule has 0 spiro atoms. The van der Waals surface area contributed by atoms with E-state index in [1.165, 1.54) is 5.56 Å². The van der Waals surface area contributed by atoms with Gasteiger partial charge < -0.3 is 20.1 Å².